The molecule has 2 amide bonds. The Bertz CT molecular complexity index is 662. The Morgan fingerprint density at radius 2 is 2.15 bits per heavy atom. The number of fused-ring (bicyclic) bond motifs is 1. The van der Waals surface area contributed by atoms with Crippen molar-refractivity contribution in [2.45, 2.75) is 19.4 Å². The lowest BCUT2D eigenvalue weighted by molar-refractivity contribution is -0.125. The van der Waals surface area contributed by atoms with Crippen LogP contribution in [0.2, 0.25) is 0 Å². The summed E-state index contributed by atoms with van der Waals surface area (Å²) in [6.07, 6.45) is 1.36. The minimum Gasteiger partial charge on any atom is -0.324 e. The van der Waals surface area contributed by atoms with Crippen molar-refractivity contribution in [1.82, 2.24) is 14.8 Å². The topological polar surface area (TPSA) is 88.9 Å². The summed E-state index contributed by atoms with van der Waals surface area (Å²) in [6, 6.07) is 6.77. The number of carbonyl (C=O) groups excluding carboxylic acids is 2. The highest BCUT2D eigenvalue weighted by Crippen LogP contribution is 2.23. The first-order valence-electron chi connectivity index (χ1n) is 6.20. The van der Waals surface area contributed by atoms with Gasteiger partial charge in [0.25, 0.3) is 0 Å². The molecule has 2 heterocycles. The molecule has 7 nitrogen and oxygen atoms in total. The fourth-order valence-electron chi connectivity index (χ4n) is 2.07. The zero-order valence-electron chi connectivity index (χ0n) is 10.8. The SMILES string of the molecule is Cc1ccc(NC(=O)C2CC(=O)Nc3ncnn32)cc1. The summed E-state index contributed by atoms with van der Waals surface area (Å²) >= 11 is 0. The minimum atomic E-state index is -0.678. The van der Waals surface area contributed by atoms with Crippen molar-refractivity contribution in [2.75, 3.05) is 10.6 Å². The van der Waals surface area contributed by atoms with Gasteiger partial charge in [-0.05, 0) is 19.1 Å². The Morgan fingerprint density at radius 1 is 1.40 bits per heavy atom. The molecule has 3 rings (SSSR count). The Morgan fingerprint density at radius 3 is 2.90 bits per heavy atom. The van der Waals surface area contributed by atoms with Crippen LogP contribution in [0, 0.1) is 6.92 Å². The van der Waals surface area contributed by atoms with Crippen molar-refractivity contribution >= 4 is 23.5 Å². The highest BCUT2D eigenvalue weighted by molar-refractivity contribution is 6.00. The number of nitrogens with one attached hydrogen (secondary N) is 2. The van der Waals surface area contributed by atoms with Crippen LogP contribution >= 0.6 is 0 Å². The van der Waals surface area contributed by atoms with E-state index in [1.165, 1.54) is 11.0 Å². The molecule has 102 valence electrons. The van der Waals surface area contributed by atoms with Crippen LogP contribution in [-0.4, -0.2) is 26.6 Å². The molecule has 0 spiro atoms. The summed E-state index contributed by atoms with van der Waals surface area (Å²) in [4.78, 5) is 27.7. The smallest absolute Gasteiger partial charge is 0.249 e. The lowest BCUT2D eigenvalue weighted by atomic mass is 10.1. The first kappa shape index (κ1) is 12.3. The van der Waals surface area contributed by atoms with E-state index in [1.807, 2.05) is 31.2 Å². The van der Waals surface area contributed by atoms with Gasteiger partial charge in [0.2, 0.25) is 17.8 Å². The van der Waals surface area contributed by atoms with Crippen LogP contribution in [0.4, 0.5) is 11.6 Å². The fourth-order valence-corrected chi connectivity index (χ4v) is 2.07. The Balaban J connectivity index is 1.81. The van der Waals surface area contributed by atoms with Crippen molar-refractivity contribution in [2.24, 2.45) is 0 Å². The second-order valence-corrected chi connectivity index (χ2v) is 4.65. The van der Waals surface area contributed by atoms with E-state index in [2.05, 4.69) is 20.7 Å². The van der Waals surface area contributed by atoms with Gasteiger partial charge in [-0.25, -0.2) is 4.68 Å². The monoisotopic (exact) mass is 271 g/mol. The fraction of sp³-hybridized carbons (Fsp3) is 0.231. The lowest BCUT2D eigenvalue weighted by Gasteiger charge is -2.22. The molecule has 0 aliphatic carbocycles. The molecular formula is C13H13N5O2. The van der Waals surface area contributed by atoms with Crippen LogP contribution in [0.5, 0.6) is 0 Å². The third-order valence-corrected chi connectivity index (χ3v) is 3.12. The Hall–Kier alpha value is -2.70. The molecule has 0 saturated carbocycles. The largest absolute Gasteiger partial charge is 0.324 e. The van der Waals surface area contributed by atoms with Crippen LogP contribution in [-0.2, 0) is 9.59 Å². The first-order valence-corrected chi connectivity index (χ1v) is 6.20. The number of aromatic nitrogens is 3. The normalized spacial score (nSPS) is 17.2. The Kier molecular flexibility index (Phi) is 2.94. The Labute approximate surface area is 115 Å². The molecule has 0 radical (unpaired) electrons. The molecule has 1 aromatic heterocycles. The maximum absolute atomic E-state index is 12.3. The number of anilines is 2. The summed E-state index contributed by atoms with van der Waals surface area (Å²) in [5, 5.41) is 9.33. The van der Waals surface area contributed by atoms with E-state index in [0.717, 1.165) is 5.56 Å². The second-order valence-electron chi connectivity index (χ2n) is 4.65. The second kappa shape index (κ2) is 4.76. The van der Waals surface area contributed by atoms with E-state index in [9.17, 15) is 9.59 Å². The van der Waals surface area contributed by atoms with Crippen LogP contribution in [0.15, 0.2) is 30.6 Å². The zero-order chi connectivity index (χ0) is 14.1. The van der Waals surface area contributed by atoms with Gasteiger partial charge in [-0.15, -0.1) is 0 Å². The lowest BCUT2D eigenvalue weighted by Crippen LogP contribution is -2.35. The van der Waals surface area contributed by atoms with Crippen molar-refractivity contribution < 1.29 is 9.59 Å². The molecule has 0 saturated heterocycles. The third-order valence-electron chi connectivity index (χ3n) is 3.12. The average molecular weight is 271 g/mol. The van der Waals surface area contributed by atoms with Gasteiger partial charge in [-0.1, -0.05) is 17.7 Å². The van der Waals surface area contributed by atoms with Gasteiger partial charge < -0.3 is 5.32 Å². The maximum atomic E-state index is 12.3. The van der Waals surface area contributed by atoms with Crippen LogP contribution in [0.1, 0.15) is 18.0 Å². The standard InChI is InChI=1S/C13H13N5O2/c1-8-2-4-9(5-3-8)16-12(20)10-6-11(19)17-13-14-7-15-18(10)13/h2-5,7,10H,6H2,1H3,(H,16,20)(H,14,15,17,19). The van der Waals surface area contributed by atoms with Gasteiger partial charge >= 0.3 is 0 Å². The highest BCUT2D eigenvalue weighted by Gasteiger charge is 2.31. The maximum Gasteiger partial charge on any atom is 0.249 e. The zero-order valence-corrected chi connectivity index (χ0v) is 10.8. The van der Waals surface area contributed by atoms with E-state index in [0.29, 0.717) is 11.6 Å². The van der Waals surface area contributed by atoms with Crippen LogP contribution < -0.4 is 10.6 Å². The molecule has 0 fully saturated rings. The first-order chi connectivity index (χ1) is 9.63. The van der Waals surface area contributed by atoms with E-state index >= 15 is 0 Å². The van der Waals surface area contributed by atoms with E-state index in [1.54, 1.807) is 0 Å². The van der Waals surface area contributed by atoms with Crippen LogP contribution in [0.25, 0.3) is 0 Å². The molecule has 2 N–H and O–H groups in total. The number of hydrogen-bond acceptors (Lipinski definition) is 4. The van der Waals surface area contributed by atoms with Crippen molar-refractivity contribution in [3.63, 3.8) is 0 Å². The number of amides is 2. The number of aryl methyl sites for hydroxylation is 1. The van der Waals surface area contributed by atoms with Gasteiger partial charge in [-0.2, -0.15) is 10.1 Å². The predicted octanol–water partition coefficient (Wildman–Crippen LogP) is 1.11. The highest BCUT2D eigenvalue weighted by atomic mass is 16.2. The summed E-state index contributed by atoms with van der Waals surface area (Å²) < 4.78 is 1.42. The quantitative estimate of drug-likeness (QED) is 0.856. The summed E-state index contributed by atoms with van der Waals surface area (Å²) in [5.41, 5.74) is 1.80. The molecule has 1 aliphatic heterocycles. The molecule has 1 aromatic carbocycles. The van der Waals surface area contributed by atoms with E-state index < -0.39 is 6.04 Å². The summed E-state index contributed by atoms with van der Waals surface area (Å²) in [5.74, 6) is -0.227. The van der Waals surface area contributed by atoms with Gasteiger partial charge in [0, 0.05) is 5.69 Å². The molecule has 2 aromatic rings. The molecular weight excluding hydrogens is 258 g/mol. The van der Waals surface area contributed by atoms with Gasteiger partial charge in [0.05, 0.1) is 6.42 Å². The number of carbonyl (C=O) groups is 2. The van der Waals surface area contributed by atoms with Gasteiger partial charge in [0.15, 0.2) is 0 Å². The van der Waals surface area contributed by atoms with Crippen LogP contribution in [0.3, 0.4) is 0 Å². The number of rotatable bonds is 2. The number of hydrogen-bond donors (Lipinski definition) is 2. The number of nitrogens with zero attached hydrogens (tertiary/aromatic N) is 3. The number of benzene rings is 1. The van der Waals surface area contributed by atoms with E-state index in [4.69, 9.17) is 0 Å². The van der Waals surface area contributed by atoms with Crippen molar-refractivity contribution in [1.29, 1.82) is 0 Å². The van der Waals surface area contributed by atoms with E-state index in [-0.39, 0.29) is 18.2 Å². The minimum absolute atomic E-state index is 0.0497. The van der Waals surface area contributed by atoms with Crippen molar-refractivity contribution in [3.05, 3.63) is 36.2 Å². The molecule has 7 heteroatoms. The molecule has 1 atom stereocenters. The third kappa shape index (κ3) is 2.25. The van der Waals surface area contributed by atoms with Crippen molar-refractivity contribution in [3.8, 4) is 0 Å². The molecule has 20 heavy (non-hydrogen) atoms. The van der Waals surface area contributed by atoms with Gasteiger partial charge in [-0.3, -0.25) is 14.9 Å². The average Bonchev–Trinajstić information content (AvgIpc) is 2.88. The van der Waals surface area contributed by atoms with Gasteiger partial charge in [0.1, 0.15) is 12.4 Å². The summed E-state index contributed by atoms with van der Waals surface area (Å²) in [6.45, 7) is 1.97. The summed E-state index contributed by atoms with van der Waals surface area (Å²) in [7, 11) is 0. The molecule has 0 bridgehead atoms. The molecule has 1 aliphatic rings. The molecule has 1 unspecified atom stereocenters. The predicted molar refractivity (Wildman–Crippen MR) is 72.1 cm³/mol.